The minimum absolute atomic E-state index is 0.774. The highest BCUT2D eigenvalue weighted by Crippen LogP contribution is 2.32. The molecule has 1 aliphatic carbocycles. The van der Waals surface area contributed by atoms with Crippen LogP contribution in [0.5, 0.6) is 0 Å². The molecule has 1 rings (SSSR count). The van der Waals surface area contributed by atoms with E-state index in [-0.39, 0.29) is 0 Å². The molecule has 0 aliphatic heterocycles. The van der Waals surface area contributed by atoms with Crippen molar-refractivity contribution < 1.29 is 0 Å². The molecule has 0 N–H and O–H groups in total. The summed E-state index contributed by atoms with van der Waals surface area (Å²) in [6.07, 6.45) is 11.4. The molecule has 1 fully saturated rings. The predicted molar refractivity (Wildman–Crippen MR) is 54.9 cm³/mol. The maximum absolute atomic E-state index is 4.26. The maximum atomic E-state index is 4.26. The molecule has 2 atom stereocenters. The van der Waals surface area contributed by atoms with Crippen LogP contribution in [-0.4, -0.2) is 0 Å². The Morgan fingerprint density at radius 3 is 2.58 bits per heavy atom. The summed E-state index contributed by atoms with van der Waals surface area (Å²) in [5, 5.41) is 0. The first-order valence-electron chi connectivity index (χ1n) is 5.67. The SMILES string of the molecule is [CH2]C1CCCCC1CCCCC. The molecule has 0 amide bonds. The lowest BCUT2D eigenvalue weighted by Gasteiger charge is -2.28. The summed E-state index contributed by atoms with van der Waals surface area (Å²) in [4.78, 5) is 0. The molecule has 0 heteroatoms. The molecule has 0 aromatic heterocycles. The van der Waals surface area contributed by atoms with Crippen LogP contribution in [0.15, 0.2) is 0 Å². The largest absolute Gasteiger partial charge is 0.0654 e. The lowest BCUT2D eigenvalue weighted by molar-refractivity contribution is 0.259. The molecule has 0 bridgehead atoms. The molecule has 0 saturated heterocycles. The fourth-order valence-electron chi connectivity index (χ4n) is 2.32. The van der Waals surface area contributed by atoms with E-state index >= 15 is 0 Å². The van der Waals surface area contributed by atoms with Crippen LogP contribution in [-0.2, 0) is 0 Å². The third kappa shape index (κ3) is 3.16. The van der Waals surface area contributed by atoms with Crippen molar-refractivity contribution >= 4 is 0 Å². The van der Waals surface area contributed by atoms with Crippen molar-refractivity contribution in [1.29, 1.82) is 0 Å². The summed E-state index contributed by atoms with van der Waals surface area (Å²) in [6, 6.07) is 0. The molecule has 1 aliphatic rings. The normalized spacial score (nSPS) is 30.5. The van der Waals surface area contributed by atoms with Crippen molar-refractivity contribution in [1.82, 2.24) is 0 Å². The second kappa shape index (κ2) is 5.61. The van der Waals surface area contributed by atoms with Crippen molar-refractivity contribution in [3.8, 4) is 0 Å². The fraction of sp³-hybridized carbons (Fsp3) is 0.917. The third-order valence-electron chi connectivity index (χ3n) is 3.24. The van der Waals surface area contributed by atoms with Gasteiger partial charge in [-0.05, 0) is 18.8 Å². The number of unbranched alkanes of at least 4 members (excludes halogenated alkanes) is 2. The maximum Gasteiger partial charge on any atom is -0.0386 e. The van der Waals surface area contributed by atoms with Crippen LogP contribution in [0.25, 0.3) is 0 Å². The Hall–Kier alpha value is 0. The quantitative estimate of drug-likeness (QED) is 0.550. The van der Waals surface area contributed by atoms with E-state index in [4.69, 9.17) is 0 Å². The van der Waals surface area contributed by atoms with E-state index in [1.807, 2.05) is 0 Å². The summed E-state index contributed by atoms with van der Waals surface area (Å²) in [5.74, 6) is 1.74. The standard InChI is InChI=1S/C12H23/c1-3-4-5-9-12-10-7-6-8-11(12)2/h11-12H,2-10H2,1H3. The van der Waals surface area contributed by atoms with E-state index in [1.165, 1.54) is 51.4 Å². The molecular formula is C12H23. The zero-order valence-corrected chi connectivity index (χ0v) is 8.52. The molecule has 0 spiro atoms. The molecule has 2 unspecified atom stereocenters. The van der Waals surface area contributed by atoms with Gasteiger partial charge < -0.3 is 0 Å². The van der Waals surface area contributed by atoms with E-state index in [2.05, 4.69) is 13.8 Å². The van der Waals surface area contributed by atoms with Gasteiger partial charge in [0.1, 0.15) is 0 Å². The monoisotopic (exact) mass is 167 g/mol. The smallest absolute Gasteiger partial charge is 0.0386 e. The molecule has 1 radical (unpaired) electrons. The number of rotatable bonds is 4. The van der Waals surface area contributed by atoms with Gasteiger partial charge in [0, 0.05) is 0 Å². The van der Waals surface area contributed by atoms with Crippen LogP contribution in [0.4, 0.5) is 0 Å². The van der Waals surface area contributed by atoms with Crippen molar-refractivity contribution in [3.63, 3.8) is 0 Å². The third-order valence-corrected chi connectivity index (χ3v) is 3.24. The molecule has 12 heavy (non-hydrogen) atoms. The minimum Gasteiger partial charge on any atom is -0.0654 e. The molecule has 0 aromatic carbocycles. The first-order chi connectivity index (χ1) is 5.84. The lowest BCUT2D eigenvalue weighted by atomic mass is 9.78. The Morgan fingerprint density at radius 1 is 1.17 bits per heavy atom. The molecular weight excluding hydrogens is 144 g/mol. The number of hydrogen-bond acceptors (Lipinski definition) is 0. The summed E-state index contributed by atoms with van der Waals surface area (Å²) in [5.41, 5.74) is 0. The second-order valence-electron chi connectivity index (χ2n) is 4.30. The zero-order valence-electron chi connectivity index (χ0n) is 8.52. The van der Waals surface area contributed by atoms with Gasteiger partial charge in [-0.2, -0.15) is 0 Å². The van der Waals surface area contributed by atoms with Gasteiger partial charge >= 0.3 is 0 Å². The lowest BCUT2D eigenvalue weighted by Crippen LogP contribution is -2.16. The van der Waals surface area contributed by atoms with Crippen LogP contribution in [0.2, 0.25) is 0 Å². The Balaban J connectivity index is 2.11. The van der Waals surface area contributed by atoms with E-state index < -0.39 is 0 Å². The zero-order chi connectivity index (χ0) is 8.81. The van der Waals surface area contributed by atoms with Gasteiger partial charge in [0.2, 0.25) is 0 Å². The van der Waals surface area contributed by atoms with Gasteiger partial charge in [-0.1, -0.05) is 58.3 Å². The Labute approximate surface area is 77.7 Å². The predicted octanol–water partition coefficient (Wildman–Crippen LogP) is 4.21. The van der Waals surface area contributed by atoms with Crippen molar-refractivity contribution in [2.45, 2.75) is 58.3 Å². The minimum atomic E-state index is 0.774. The average Bonchev–Trinajstić information content (AvgIpc) is 2.09. The Morgan fingerprint density at radius 2 is 1.92 bits per heavy atom. The van der Waals surface area contributed by atoms with Gasteiger partial charge in [-0.25, -0.2) is 0 Å². The van der Waals surface area contributed by atoms with Crippen LogP contribution < -0.4 is 0 Å². The summed E-state index contributed by atoms with van der Waals surface area (Å²) in [6.45, 7) is 6.54. The van der Waals surface area contributed by atoms with Crippen LogP contribution in [0.3, 0.4) is 0 Å². The summed E-state index contributed by atoms with van der Waals surface area (Å²) >= 11 is 0. The van der Waals surface area contributed by atoms with Crippen molar-refractivity contribution in [3.05, 3.63) is 6.92 Å². The van der Waals surface area contributed by atoms with E-state index in [9.17, 15) is 0 Å². The van der Waals surface area contributed by atoms with Gasteiger partial charge in [0.05, 0.1) is 0 Å². The second-order valence-corrected chi connectivity index (χ2v) is 4.30. The molecule has 0 nitrogen and oxygen atoms in total. The Kier molecular flexibility index (Phi) is 4.72. The molecule has 0 aromatic rings. The Bertz CT molecular complexity index is 107. The average molecular weight is 167 g/mol. The molecule has 1 saturated carbocycles. The fourth-order valence-corrected chi connectivity index (χ4v) is 2.32. The van der Waals surface area contributed by atoms with Crippen LogP contribution in [0.1, 0.15) is 58.3 Å². The molecule has 71 valence electrons. The van der Waals surface area contributed by atoms with E-state index in [0.717, 1.165) is 11.8 Å². The van der Waals surface area contributed by atoms with Crippen LogP contribution >= 0.6 is 0 Å². The first kappa shape index (κ1) is 10.1. The topological polar surface area (TPSA) is 0 Å². The highest BCUT2D eigenvalue weighted by atomic mass is 14.3. The highest BCUT2D eigenvalue weighted by molar-refractivity contribution is 4.76. The first-order valence-corrected chi connectivity index (χ1v) is 5.67. The van der Waals surface area contributed by atoms with E-state index in [1.54, 1.807) is 0 Å². The van der Waals surface area contributed by atoms with Gasteiger partial charge in [0.25, 0.3) is 0 Å². The number of hydrogen-bond donors (Lipinski definition) is 0. The van der Waals surface area contributed by atoms with Gasteiger partial charge in [0.15, 0.2) is 0 Å². The van der Waals surface area contributed by atoms with Crippen LogP contribution in [0, 0.1) is 18.8 Å². The van der Waals surface area contributed by atoms with Gasteiger partial charge in [-0.15, -0.1) is 0 Å². The van der Waals surface area contributed by atoms with Crippen molar-refractivity contribution in [2.24, 2.45) is 11.8 Å². The van der Waals surface area contributed by atoms with Crippen molar-refractivity contribution in [2.75, 3.05) is 0 Å². The summed E-state index contributed by atoms with van der Waals surface area (Å²) in [7, 11) is 0. The van der Waals surface area contributed by atoms with Gasteiger partial charge in [-0.3, -0.25) is 0 Å². The van der Waals surface area contributed by atoms with E-state index in [0.29, 0.717) is 0 Å². The highest BCUT2D eigenvalue weighted by Gasteiger charge is 2.20. The molecule has 0 heterocycles. The summed E-state index contributed by atoms with van der Waals surface area (Å²) < 4.78 is 0.